The number of rotatable bonds is 2. The van der Waals surface area contributed by atoms with E-state index < -0.39 is 0 Å². The Balaban J connectivity index is 1.86. The second-order valence-electron chi connectivity index (χ2n) is 4.49. The van der Waals surface area contributed by atoms with Gasteiger partial charge in [-0.15, -0.1) is 0 Å². The molecule has 0 aromatic rings. The predicted molar refractivity (Wildman–Crippen MR) is 43.8 cm³/mol. The Kier molecular flexibility index (Phi) is 1.51. The van der Waals surface area contributed by atoms with E-state index >= 15 is 0 Å². The quantitative estimate of drug-likeness (QED) is 0.550. The fourth-order valence-corrected chi connectivity index (χ4v) is 2.49. The molecule has 2 unspecified atom stereocenters. The van der Waals surface area contributed by atoms with E-state index in [9.17, 15) is 0 Å². The average molecular weight is 138 g/mol. The minimum absolute atomic E-state index is 0.958. The lowest BCUT2D eigenvalue weighted by molar-refractivity contribution is 0.101. The van der Waals surface area contributed by atoms with Crippen molar-refractivity contribution in [3.8, 4) is 0 Å². The van der Waals surface area contributed by atoms with Crippen LogP contribution in [-0.4, -0.2) is 0 Å². The molecule has 2 atom stereocenters. The highest BCUT2D eigenvalue weighted by molar-refractivity contribution is 4.92. The lowest BCUT2D eigenvalue weighted by Crippen LogP contribution is -2.31. The molecule has 0 amide bonds. The Bertz CT molecular complexity index is 114. The lowest BCUT2D eigenvalue weighted by atomic mass is 9.66. The summed E-state index contributed by atoms with van der Waals surface area (Å²) in [4.78, 5) is 0. The third-order valence-electron chi connectivity index (χ3n) is 3.47. The Morgan fingerprint density at radius 2 is 1.70 bits per heavy atom. The van der Waals surface area contributed by atoms with E-state index in [4.69, 9.17) is 0 Å². The Labute approximate surface area is 64.0 Å². The molecule has 10 heavy (non-hydrogen) atoms. The molecule has 0 aliphatic heterocycles. The topological polar surface area (TPSA) is 0 Å². The highest BCUT2D eigenvalue weighted by atomic mass is 14.5. The molecule has 2 aliphatic carbocycles. The summed E-state index contributed by atoms with van der Waals surface area (Å²) in [5.41, 5.74) is 0. The summed E-state index contributed by atoms with van der Waals surface area (Å²) in [5.74, 6) is 4.38. The molecule has 0 aromatic carbocycles. The van der Waals surface area contributed by atoms with Gasteiger partial charge in [0.25, 0.3) is 0 Å². The van der Waals surface area contributed by atoms with E-state index in [1.807, 2.05) is 0 Å². The Morgan fingerprint density at radius 1 is 1.00 bits per heavy atom. The molecule has 0 radical (unpaired) electrons. The van der Waals surface area contributed by atoms with Crippen LogP contribution in [0.1, 0.15) is 39.5 Å². The first-order valence-corrected chi connectivity index (χ1v) is 4.79. The van der Waals surface area contributed by atoms with Crippen LogP contribution in [-0.2, 0) is 0 Å². The third kappa shape index (κ3) is 0.980. The van der Waals surface area contributed by atoms with Gasteiger partial charge in [0.15, 0.2) is 0 Å². The summed E-state index contributed by atoms with van der Waals surface area (Å²) < 4.78 is 0. The van der Waals surface area contributed by atoms with Gasteiger partial charge >= 0.3 is 0 Å². The summed E-state index contributed by atoms with van der Waals surface area (Å²) in [6, 6.07) is 0. The van der Waals surface area contributed by atoms with Gasteiger partial charge in [-0.05, 0) is 49.4 Å². The molecule has 2 saturated carbocycles. The van der Waals surface area contributed by atoms with Crippen molar-refractivity contribution < 1.29 is 0 Å². The summed E-state index contributed by atoms with van der Waals surface area (Å²) in [6.07, 6.45) is 6.17. The van der Waals surface area contributed by atoms with E-state index in [1.165, 1.54) is 12.3 Å². The van der Waals surface area contributed by atoms with E-state index in [-0.39, 0.29) is 0 Å². The van der Waals surface area contributed by atoms with Crippen LogP contribution < -0.4 is 0 Å². The molecule has 0 nitrogen and oxygen atoms in total. The van der Waals surface area contributed by atoms with Crippen molar-refractivity contribution in [3.63, 3.8) is 0 Å². The zero-order chi connectivity index (χ0) is 7.14. The second-order valence-corrected chi connectivity index (χ2v) is 4.49. The van der Waals surface area contributed by atoms with Gasteiger partial charge in [-0.1, -0.05) is 13.8 Å². The van der Waals surface area contributed by atoms with E-state index in [0.29, 0.717) is 0 Å². The molecule has 2 rings (SSSR count). The van der Waals surface area contributed by atoms with Crippen LogP contribution in [0.15, 0.2) is 0 Å². The smallest absolute Gasteiger partial charge is 0.0355 e. The van der Waals surface area contributed by atoms with Gasteiger partial charge in [-0.25, -0.2) is 0 Å². The number of hydrogen-bond acceptors (Lipinski definition) is 0. The Morgan fingerprint density at radius 3 is 2.00 bits per heavy atom. The van der Waals surface area contributed by atoms with Crippen LogP contribution in [0.3, 0.4) is 0 Å². The maximum absolute atomic E-state index is 2.39. The minimum atomic E-state index is 0.958. The Hall–Kier alpha value is 0. The summed E-state index contributed by atoms with van der Waals surface area (Å²) in [5, 5.41) is 0. The summed E-state index contributed by atoms with van der Waals surface area (Å²) in [7, 11) is 0. The molecule has 0 bridgehead atoms. The van der Waals surface area contributed by atoms with Crippen LogP contribution >= 0.6 is 0 Å². The standard InChI is InChI=1S/C10H18/c1-7(2)9-5-6-10(9)8-3-4-8/h7-10H,3-6H2,1-2H3. The molecule has 0 aromatic heterocycles. The van der Waals surface area contributed by atoms with Crippen LogP contribution in [0, 0.1) is 23.7 Å². The minimum Gasteiger partial charge on any atom is -0.0625 e. The molecule has 0 heteroatoms. The van der Waals surface area contributed by atoms with Crippen LogP contribution in [0.5, 0.6) is 0 Å². The summed E-state index contributed by atoms with van der Waals surface area (Å²) >= 11 is 0. The maximum atomic E-state index is 2.39. The van der Waals surface area contributed by atoms with Crippen molar-refractivity contribution in [1.29, 1.82) is 0 Å². The van der Waals surface area contributed by atoms with Crippen LogP contribution in [0.25, 0.3) is 0 Å². The molecule has 2 fully saturated rings. The molecule has 0 spiro atoms. The van der Waals surface area contributed by atoms with Gasteiger partial charge in [0.1, 0.15) is 0 Å². The van der Waals surface area contributed by atoms with Gasteiger partial charge in [0.05, 0.1) is 0 Å². The number of hydrogen-bond donors (Lipinski definition) is 0. The van der Waals surface area contributed by atoms with Gasteiger partial charge < -0.3 is 0 Å². The van der Waals surface area contributed by atoms with E-state index in [0.717, 1.165) is 17.8 Å². The van der Waals surface area contributed by atoms with Gasteiger partial charge in [-0.3, -0.25) is 0 Å². The van der Waals surface area contributed by atoms with Crippen molar-refractivity contribution in [3.05, 3.63) is 0 Å². The first-order chi connectivity index (χ1) is 4.79. The molecule has 58 valence electrons. The first-order valence-electron chi connectivity index (χ1n) is 4.79. The van der Waals surface area contributed by atoms with Crippen molar-refractivity contribution in [2.24, 2.45) is 23.7 Å². The fourth-order valence-electron chi connectivity index (χ4n) is 2.49. The second kappa shape index (κ2) is 2.25. The van der Waals surface area contributed by atoms with Gasteiger partial charge in [0, 0.05) is 0 Å². The molecule has 2 aliphatic rings. The predicted octanol–water partition coefficient (Wildman–Crippen LogP) is 3.08. The van der Waals surface area contributed by atoms with Gasteiger partial charge in [0.2, 0.25) is 0 Å². The zero-order valence-electron chi connectivity index (χ0n) is 7.14. The van der Waals surface area contributed by atoms with Crippen molar-refractivity contribution in [1.82, 2.24) is 0 Å². The highest BCUT2D eigenvalue weighted by Crippen LogP contribution is 2.52. The average Bonchev–Trinajstić information content (AvgIpc) is 2.43. The van der Waals surface area contributed by atoms with Gasteiger partial charge in [-0.2, -0.15) is 0 Å². The van der Waals surface area contributed by atoms with Crippen molar-refractivity contribution >= 4 is 0 Å². The zero-order valence-corrected chi connectivity index (χ0v) is 7.14. The molecule has 0 N–H and O–H groups in total. The van der Waals surface area contributed by atoms with Crippen molar-refractivity contribution in [2.45, 2.75) is 39.5 Å². The van der Waals surface area contributed by atoms with Crippen LogP contribution in [0.2, 0.25) is 0 Å². The lowest BCUT2D eigenvalue weighted by Gasteiger charge is -2.40. The summed E-state index contributed by atoms with van der Waals surface area (Å²) in [6.45, 7) is 4.78. The maximum Gasteiger partial charge on any atom is -0.0355 e. The highest BCUT2D eigenvalue weighted by Gasteiger charge is 2.42. The fraction of sp³-hybridized carbons (Fsp3) is 1.00. The van der Waals surface area contributed by atoms with E-state index in [1.54, 1.807) is 19.3 Å². The van der Waals surface area contributed by atoms with Crippen molar-refractivity contribution in [2.75, 3.05) is 0 Å². The molecule has 0 heterocycles. The third-order valence-corrected chi connectivity index (χ3v) is 3.47. The molecule has 0 saturated heterocycles. The largest absolute Gasteiger partial charge is 0.0625 e. The van der Waals surface area contributed by atoms with E-state index in [2.05, 4.69) is 13.8 Å². The first kappa shape index (κ1) is 6.69. The normalized spacial score (nSPS) is 39.9. The van der Waals surface area contributed by atoms with Crippen LogP contribution in [0.4, 0.5) is 0 Å². The molecular formula is C10H18. The molecular weight excluding hydrogens is 120 g/mol. The SMILES string of the molecule is CC(C)C1CCC1C1CC1. The monoisotopic (exact) mass is 138 g/mol.